The summed E-state index contributed by atoms with van der Waals surface area (Å²) in [7, 11) is 6.03. The summed E-state index contributed by atoms with van der Waals surface area (Å²) in [4.78, 5) is 27.9. The first-order valence-corrected chi connectivity index (χ1v) is 8.87. The highest BCUT2D eigenvalue weighted by Gasteiger charge is 2.28. The zero-order valence-corrected chi connectivity index (χ0v) is 15.9. The third-order valence-electron chi connectivity index (χ3n) is 4.32. The van der Waals surface area contributed by atoms with E-state index in [9.17, 15) is 4.79 Å². The fraction of sp³-hybridized carbons (Fsp3) is 0.421. The van der Waals surface area contributed by atoms with Crippen LogP contribution in [0.15, 0.2) is 30.5 Å². The molecule has 7 nitrogen and oxygen atoms in total. The number of rotatable bonds is 5. The minimum absolute atomic E-state index is 0.0607. The molecule has 0 saturated carbocycles. The number of fused-ring (bicyclic) bond motifs is 1. The van der Waals surface area contributed by atoms with Gasteiger partial charge in [-0.3, -0.25) is 4.79 Å². The topological polar surface area (TPSA) is 64.6 Å². The standard InChI is InChI=1S/C19H26N6O/c1-5-20-19-21-12-16-17(22-19)24(4)9-10-25(18(16)26)15-8-6-7-14(11-15)13-23(2)3/h6-8,11-12H,5,9-10,13H2,1-4H3,(H,20,21,22). The molecule has 0 aliphatic carbocycles. The Morgan fingerprint density at radius 2 is 2.08 bits per heavy atom. The number of amides is 1. The van der Waals surface area contributed by atoms with Crippen LogP contribution in [0.1, 0.15) is 22.8 Å². The number of likely N-dealkylation sites (N-methyl/N-ethyl adjacent to an activating group) is 1. The summed E-state index contributed by atoms with van der Waals surface area (Å²) in [5, 5.41) is 3.10. The Bertz CT molecular complexity index is 791. The van der Waals surface area contributed by atoms with Crippen LogP contribution in [0, 0.1) is 0 Å². The van der Waals surface area contributed by atoms with Gasteiger partial charge in [0, 0.05) is 45.1 Å². The number of hydrogen-bond acceptors (Lipinski definition) is 6. The van der Waals surface area contributed by atoms with Crippen LogP contribution in [0.4, 0.5) is 17.5 Å². The van der Waals surface area contributed by atoms with Crippen molar-refractivity contribution in [2.24, 2.45) is 0 Å². The largest absolute Gasteiger partial charge is 0.357 e. The molecule has 3 rings (SSSR count). The van der Waals surface area contributed by atoms with Crippen LogP contribution in [-0.4, -0.2) is 61.6 Å². The van der Waals surface area contributed by atoms with Gasteiger partial charge in [0.25, 0.3) is 5.91 Å². The Hall–Kier alpha value is -2.67. The van der Waals surface area contributed by atoms with Gasteiger partial charge in [0.15, 0.2) is 0 Å². The van der Waals surface area contributed by atoms with Gasteiger partial charge < -0.3 is 20.0 Å². The van der Waals surface area contributed by atoms with Crippen molar-refractivity contribution in [3.05, 3.63) is 41.6 Å². The summed E-state index contributed by atoms with van der Waals surface area (Å²) < 4.78 is 0. The molecule has 0 radical (unpaired) electrons. The fourth-order valence-corrected chi connectivity index (χ4v) is 3.10. The highest BCUT2D eigenvalue weighted by atomic mass is 16.2. The van der Waals surface area contributed by atoms with Crippen molar-refractivity contribution in [1.82, 2.24) is 14.9 Å². The van der Waals surface area contributed by atoms with E-state index in [-0.39, 0.29) is 5.91 Å². The summed E-state index contributed by atoms with van der Waals surface area (Å²) in [5.74, 6) is 1.16. The van der Waals surface area contributed by atoms with Gasteiger partial charge in [0.1, 0.15) is 11.4 Å². The second-order valence-electron chi connectivity index (χ2n) is 6.75. The quantitative estimate of drug-likeness (QED) is 0.887. The molecule has 1 aromatic carbocycles. The number of carbonyl (C=O) groups excluding carboxylic acids is 1. The molecule has 138 valence electrons. The first-order valence-electron chi connectivity index (χ1n) is 8.87. The molecule has 2 heterocycles. The number of benzene rings is 1. The first-order chi connectivity index (χ1) is 12.5. The van der Waals surface area contributed by atoms with E-state index in [0.29, 0.717) is 30.4 Å². The van der Waals surface area contributed by atoms with Gasteiger partial charge >= 0.3 is 0 Å². The van der Waals surface area contributed by atoms with Gasteiger partial charge in [-0.05, 0) is 38.7 Å². The van der Waals surface area contributed by atoms with Crippen molar-refractivity contribution in [3.63, 3.8) is 0 Å². The van der Waals surface area contributed by atoms with Crippen LogP contribution >= 0.6 is 0 Å². The maximum absolute atomic E-state index is 13.2. The van der Waals surface area contributed by atoms with E-state index < -0.39 is 0 Å². The monoisotopic (exact) mass is 354 g/mol. The van der Waals surface area contributed by atoms with E-state index in [0.717, 1.165) is 18.8 Å². The highest BCUT2D eigenvalue weighted by Crippen LogP contribution is 2.26. The van der Waals surface area contributed by atoms with Crippen LogP contribution in [-0.2, 0) is 6.54 Å². The van der Waals surface area contributed by atoms with Crippen molar-refractivity contribution in [2.45, 2.75) is 13.5 Å². The number of nitrogens with zero attached hydrogens (tertiary/aromatic N) is 5. The Kier molecular flexibility index (Phi) is 5.37. The molecule has 0 fully saturated rings. The van der Waals surface area contributed by atoms with Crippen molar-refractivity contribution in [2.75, 3.05) is 55.9 Å². The lowest BCUT2D eigenvalue weighted by atomic mass is 10.1. The number of nitrogens with one attached hydrogen (secondary N) is 1. The Morgan fingerprint density at radius 1 is 1.27 bits per heavy atom. The van der Waals surface area contributed by atoms with E-state index in [2.05, 4.69) is 32.3 Å². The molecule has 0 unspecified atom stereocenters. The van der Waals surface area contributed by atoms with Crippen LogP contribution in [0.5, 0.6) is 0 Å². The molecule has 1 aliphatic heterocycles. The summed E-state index contributed by atoms with van der Waals surface area (Å²) in [5.41, 5.74) is 2.62. The Balaban J connectivity index is 1.95. The molecule has 1 aliphatic rings. The van der Waals surface area contributed by atoms with Gasteiger partial charge in [0.2, 0.25) is 5.95 Å². The molecule has 0 saturated heterocycles. The minimum Gasteiger partial charge on any atom is -0.357 e. The molecule has 26 heavy (non-hydrogen) atoms. The average molecular weight is 354 g/mol. The highest BCUT2D eigenvalue weighted by molar-refractivity contribution is 6.09. The lowest BCUT2D eigenvalue weighted by Gasteiger charge is -2.22. The van der Waals surface area contributed by atoms with E-state index >= 15 is 0 Å². The molecular weight excluding hydrogens is 328 g/mol. The first kappa shape index (κ1) is 18.1. The molecule has 1 aromatic heterocycles. The predicted molar refractivity (Wildman–Crippen MR) is 105 cm³/mol. The smallest absolute Gasteiger partial charge is 0.263 e. The zero-order chi connectivity index (χ0) is 18.7. The molecule has 0 spiro atoms. The summed E-state index contributed by atoms with van der Waals surface area (Å²) in [6.07, 6.45) is 1.63. The zero-order valence-electron chi connectivity index (χ0n) is 15.9. The van der Waals surface area contributed by atoms with Crippen LogP contribution < -0.4 is 15.1 Å². The Morgan fingerprint density at radius 3 is 2.81 bits per heavy atom. The van der Waals surface area contributed by atoms with Gasteiger partial charge in [-0.15, -0.1) is 0 Å². The number of hydrogen-bond donors (Lipinski definition) is 1. The molecule has 1 N–H and O–H groups in total. The van der Waals surface area contributed by atoms with Crippen LogP contribution in [0.25, 0.3) is 0 Å². The van der Waals surface area contributed by atoms with Gasteiger partial charge in [0.05, 0.1) is 0 Å². The average Bonchev–Trinajstić information content (AvgIpc) is 2.72. The normalized spacial score (nSPS) is 14.4. The summed E-state index contributed by atoms with van der Waals surface area (Å²) in [6, 6.07) is 8.14. The fourth-order valence-electron chi connectivity index (χ4n) is 3.10. The van der Waals surface area contributed by atoms with E-state index in [1.54, 1.807) is 6.20 Å². The van der Waals surface area contributed by atoms with Crippen LogP contribution in [0.3, 0.4) is 0 Å². The number of carbonyl (C=O) groups is 1. The number of aromatic nitrogens is 2. The molecule has 0 atom stereocenters. The summed E-state index contributed by atoms with van der Waals surface area (Å²) >= 11 is 0. The molecule has 1 amide bonds. The van der Waals surface area contributed by atoms with Gasteiger partial charge in [-0.1, -0.05) is 12.1 Å². The lowest BCUT2D eigenvalue weighted by molar-refractivity contribution is 0.0989. The summed E-state index contributed by atoms with van der Waals surface area (Å²) in [6.45, 7) is 4.88. The van der Waals surface area contributed by atoms with E-state index in [1.807, 2.05) is 50.0 Å². The third kappa shape index (κ3) is 3.77. The second kappa shape index (κ2) is 7.70. The van der Waals surface area contributed by atoms with Gasteiger partial charge in [-0.25, -0.2) is 4.98 Å². The Labute approximate surface area is 154 Å². The number of anilines is 3. The van der Waals surface area contributed by atoms with E-state index in [4.69, 9.17) is 0 Å². The molecular formula is C19H26N6O. The maximum atomic E-state index is 13.2. The predicted octanol–water partition coefficient (Wildman–Crippen LogP) is 2.07. The van der Waals surface area contributed by atoms with Gasteiger partial charge in [-0.2, -0.15) is 4.98 Å². The molecule has 2 aromatic rings. The molecule has 0 bridgehead atoms. The SMILES string of the molecule is CCNc1ncc2c(n1)N(C)CCN(c1cccc(CN(C)C)c1)C2=O. The van der Waals surface area contributed by atoms with Crippen molar-refractivity contribution < 1.29 is 4.79 Å². The minimum atomic E-state index is -0.0607. The van der Waals surface area contributed by atoms with Crippen molar-refractivity contribution >= 4 is 23.4 Å². The second-order valence-corrected chi connectivity index (χ2v) is 6.75. The molecule has 7 heteroatoms. The maximum Gasteiger partial charge on any atom is 0.263 e. The lowest BCUT2D eigenvalue weighted by Crippen LogP contribution is -2.33. The van der Waals surface area contributed by atoms with E-state index in [1.165, 1.54) is 5.56 Å². The van der Waals surface area contributed by atoms with Crippen LogP contribution in [0.2, 0.25) is 0 Å². The van der Waals surface area contributed by atoms with Crippen molar-refractivity contribution in [1.29, 1.82) is 0 Å². The third-order valence-corrected chi connectivity index (χ3v) is 4.32. The van der Waals surface area contributed by atoms with Crippen molar-refractivity contribution in [3.8, 4) is 0 Å².